The van der Waals surface area contributed by atoms with Crippen LogP contribution in [0.25, 0.3) is 0 Å². The number of nitrogens with two attached hydrogens (primary N) is 1. The third-order valence-electron chi connectivity index (χ3n) is 1.94. The molecule has 0 fully saturated rings. The minimum atomic E-state index is -0.524. The monoisotopic (exact) mass is 183 g/mol. The molecule has 0 heterocycles. The first-order valence-electron chi connectivity index (χ1n) is 4.37. The van der Waals surface area contributed by atoms with Gasteiger partial charge in [0, 0.05) is 0 Å². The lowest BCUT2D eigenvalue weighted by Gasteiger charge is -2.09. The van der Waals surface area contributed by atoms with Gasteiger partial charge in [0.2, 0.25) is 0 Å². The third-order valence-corrected chi connectivity index (χ3v) is 1.94. The Morgan fingerprint density at radius 2 is 1.92 bits per heavy atom. The Labute approximate surface area is 77.2 Å². The van der Waals surface area contributed by atoms with Crippen molar-refractivity contribution in [2.24, 2.45) is 5.73 Å². The molecule has 3 N–H and O–H groups in total. The summed E-state index contributed by atoms with van der Waals surface area (Å²) in [7, 11) is 0. The number of halogens is 1. The van der Waals surface area contributed by atoms with Gasteiger partial charge in [0.05, 0.1) is 6.10 Å². The summed E-state index contributed by atoms with van der Waals surface area (Å²) in [6, 6.07) is 5.88. The normalized spacial score (nSPS) is 12.8. The van der Waals surface area contributed by atoms with E-state index in [1.165, 1.54) is 12.1 Å². The van der Waals surface area contributed by atoms with Gasteiger partial charge < -0.3 is 10.8 Å². The fourth-order valence-corrected chi connectivity index (χ4v) is 1.16. The number of benzene rings is 1. The van der Waals surface area contributed by atoms with Gasteiger partial charge in [0.15, 0.2) is 0 Å². The summed E-state index contributed by atoms with van der Waals surface area (Å²) in [5.41, 5.74) is 6.05. The van der Waals surface area contributed by atoms with E-state index in [0.717, 1.165) is 12.0 Å². The van der Waals surface area contributed by atoms with Crippen molar-refractivity contribution >= 4 is 0 Å². The van der Waals surface area contributed by atoms with Crippen molar-refractivity contribution in [2.45, 2.75) is 18.9 Å². The van der Waals surface area contributed by atoms with Gasteiger partial charge in [-0.3, -0.25) is 0 Å². The zero-order chi connectivity index (χ0) is 9.68. The lowest BCUT2D eigenvalue weighted by Crippen LogP contribution is -2.03. The Kier molecular flexibility index (Phi) is 3.86. The van der Waals surface area contributed by atoms with Crippen LogP contribution in [0.1, 0.15) is 24.5 Å². The minimum absolute atomic E-state index is 0.283. The Hall–Kier alpha value is -0.930. The Bertz CT molecular complexity index is 248. The summed E-state index contributed by atoms with van der Waals surface area (Å²) < 4.78 is 12.5. The van der Waals surface area contributed by atoms with E-state index in [1.807, 2.05) is 0 Å². The summed E-state index contributed by atoms with van der Waals surface area (Å²) in [5, 5.41) is 9.56. The van der Waals surface area contributed by atoms with Gasteiger partial charge >= 0.3 is 0 Å². The Morgan fingerprint density at radius 3 is 2.46 bits per heavy atom. The first kappa shape index (κ1) is 10.2. The third kappa shape index (κ3) is 3.13. The first-order valence-corrected chi connectivity index (χ1v) is 4.37. The van der Waals surface area contributed by atoms with E-state index in [9.17, 15) is 9.50 Å². The predicted molar refractivity (Wildman–Crippen MR) is 49.6 cm³/mol. The number of rotatable bonds is 4. The number of hydrogen-bond acceptors (Lipinski definition) is 2. The van der Waals surface area contributed by atoms with Gasteiger partial charge in [-0.25, -0.2) is 4.39 Å². The van der Waals surface area contributed by atoms with Crippen LogP contribution in [0.3, 0.4) is 0 Å². The van der Waals surface area contributed by atoms with E-state index in [-0.39, 0.29) is 5.82 Å². The standard InChI is InChI=1S/C10H14FNO/c11-9-5-3-8(4-6-9)10(13)2-1-7-12/h3-6,10,13H,1-2,7,12H2. The molecule has 13 heavy (non-hydrogen) atoms. The van der Waals surface area contributed by atoms with Gasteiger partial charge in [-0.2, -0.15) is 0 Å². The molecule has 1 aromatic carbocycles. The minimum Gasteiger partial charge on any atom is -0.388 e. The fourth-order valence-electron chi connectivity index (χ4n) is 1.16. The van der Waals surface area contributed by atoms with Crippen LogP contribution in [-0.4, -0.2) is 11.7 Å². The number of aliphatic hydroxyl groups excluding tert-OH is 1. The molecule has 3 heteroatoms. The van der Waals surface area contributed by atoms with E-state index in [4.69, 9.17) is 5.73 Å². The Balaban J connectivity index is 2.55. The average molecular weight is 183 g/mol. The quantitative estimate of drug-likeness (QED) is 0.744. The van der Waals surface area contributed by atoms with Crippen LogP contribution in [-0.2, 0) is 0 Å². The maximum Gasteiger partial charge on any atom is 0.123 e. The maximum atomic E-state index is 12.5. The number of hydrogen-bond donors (Lipinski definition) is 2. The molecule has 0 aliphatic carbocycles. The smallest absolute Gasteiger partial charge is 0.123 e. The highest BCUT2D eigenvalue weighted by atomic mass is 19.1. The summed E-state index contributed by atoms with van der Waals surface area (Å²) >= 11 is 0. The van der Waals surface area contributed by atoms with E-state index < -0.39 is 6.10 Å². The second-order valence-corrected chi connectivity index (χ2v) is 3.00. The van der Waals surface area contributed by atoms with Crippen molar-refractivity contribution < 1.29 is 9.50 Å². The van der Waals surface area contributed by atoms with E-state index in [0.29, 0.717) is 13.0 Å². The zero-order valence-corrected chi connectivity index (χ0v) is 7.41. The molecule has 0 radical (unpaired) electrons. The van der Waals surface area contributed by atoms with Crippen LogP contribution in [0.15, 0.2) is 24.3 Å². The molecule has 0 aromatic heterocycles. The van der Waals surface area contributed by atoms with Crippen molar-refractivity contribution in [2.75, 3.05) is 6.54 Å². The Morgan fingerprint density at radius 1 is 1.31 bits per heavy atom. The molecular formula is C10H14FNO. The summed E-state index contributed by atoms with van der Waals surface area (Å²) in [6.45, 7) is 0.568. The highest BCUT2D eigenvalue weighted by Gasteiger charge is 2.05. The molecule has 0 bridgehead atoms. The van der Waals surface area contributed by atoms with Gasteiger partial charge in [-0.15, -0.1) is 0 Å². The predicted octanol–water partition coefficient (Wildman–Crippen LogP) is 1.60. The lowest BCUT2D eigenvalue weighted by atomic mass is 10.1. The van der Waals surface area contributed by atoms with Crippen LogP contribution in [0, 0.1) is 5.82 Å². The maximum absolute atomic E-state index is 12.5. The van der Waals surface area contributed by atoms with E-state index in [1.54, 1.807) is 12.1 Å². The second-order valence-electron chi connectivity index (χ2n) is 3.00. The van der Waals surface area contributed by atoms with Crippen molar-refractivity contribution in [3.05, 3.63) is 35.6 Å². The van der Waals surface area contributed by atoms with E-state index in [2.05, 4.69) is 0 Å². The van der Waals surface area contributed by atoms with E-state index >= 15 is 0 Å². The zero-order valence-electron chi connectivity index (χ0n) is 7.41. The van der Waals surface area contributed by atoms with Crippen molar-refractivity contribution in [1.29, 1.82) is 0 Å². The van der Waals surface area contributed by atoms with Crippen molar-refractivity contribution in [3.8, 4) is 0 Å². The summed E-state index contributed by atoms with van der Waals surface area (Å²) in [5.74, 6) is -0.283. The van der Waals surface area contributed by atoms with Crippen LogP contribution in [0.5, 0.6) is 0 Å². The first-order chi connectivity index (χ1) is 6.24. The van der Waals surface area contributed by atoms with Crippen LogP contribution in [0.2, 0.25) is 0 Å². The van der Waals surface area contributed by atoms with Crippen LogP contribution >= 0.6 is 0 Å². The fraction of sp³-hybridized carbons (Fsp3) is 0.400. The topological polar surface area (TPSA) is 46.2 Å². The van der Waals surface area contributed by atoms with Gasteiger partial charge in [-0.1, -0.05) is 12.1 Å². The van der Waals surface area contributed by atoms with Gasteiger partial charge in [0.25, 0.3) is 0 Å². The molecule has 2 nitrogen and oxygen atoms in total. The molecule has 1 atom stereocenters. The molecule has 0 saturated heterocycles. The molecule has 0 saturated carbocycles. The molecule has 1 unspecified atom stereocenters. The molecule has 0 aliphatic heterocycles. The molecule has 0 spiro atoms. The molecule has 1 aromatic rings. The largest absolute Gasteiger partial charge is 0.388 e. The molecule has 72 valence electrons. The average Bonchev–Trinajstić information content (AvgIpc) is 2.15. The van der Waals surface area contributed by atoms with Gasteiger partial charge in [0.1, 0.15) is 5.82 Å². The highest BCUT2D eigenvalue weighted by Crippen LogP contribution is 2.17. The SMILES string of the molecule is NCCCC(O)c1ccc(F)cc1. The lowest BCUT2D eigenvalue weighted by molar-refractivity contribution is 0.165. The summed E-state index contributed by atoms with van der Waals surface area (Å²) in [4.78, 5) is 0. The molecular weight excluding hydrogens is 169 g/mol. The van der Waals surface area contributed by atoms with Crippen LogP contribution < -0.4 is 5.73 Å². The van der Waals surface area contributed by atoms with Crippen molar-refractivity contribution in [1.82, 2.24) is 0 Å². The number of aliphatic hydroxyl groups is 1. The van der Waals surface area contributed by atoms with Crippen molar-refractivity contribution in [3.63, 3.8) is 0 Å². The summed E-state index contributed by atoms with van der Waals surface area (Å²) in [6.07, 6.45) is 0.880. The molecule has 1 rings (SSSR count). The van der Waals surface area contributed by atoms with Crippen LogP contribution in [0.4, 0.5) is 4.39 Å². The molecule has 0 amide bonds. The van der Waals surface area contributed by atoms with Gasteiger partial charge in [-0.05, 0) is 37.1 Å². The molecule has 0 aliphatic rings. The highest BCUT2D eigenvalue weighted by molar-refractivity contribution is 5.18. The second kappa shape index (κ2) is 4.94.